The van der Waals surface area contributed by atoms with Crippen molar-refractivity contribution in [3.05, 3.63) is 0 Å². The van der Waals surface area contributed by atoms with Gasteiger partial charge >= 0.3 is 0 Å². The average Bonchev–Trinajstić information content (AvgIpc) is 2.22. The third kappa shape index (κ3) is 3.69. The predicted octanol–water partition coefficient (Wildman–Crippen LogP) is 2.74. The van der Waals surface area contributed by atoms with E-state index in [-0.39, 0.29) is 0 Å². The van der Waals surface area contributed by atoms with Crippen molar-refractivity contribution in [3.63, 3.8) is 0 Å². The standard InChI is InChI=1S/C15H30N2/c1-12(2)9-16-10-14-6-7-15(14)17-8-4-5-13(3)11-17/h12-16H,4-11H2,1-3H3. The van der Waals surface area contributed by atoms with Gasteiger partial charge in [-0.15, -0.1) is 0 Å². The molecule has 0 spiro atoms. The Bertz CT molecular complexity index is 227. The molecule has 100 valence electrons. The van der Waals surface area contributed by atoms with Crippen molar-refractivity contribution in [1.82, 2.24) is 10.2 Å². The summed E-state index contributed by atoms with van der Waals surface area (Å²) in [6.07, 6.45) is 5.75. The third-order valence-electron chi connectivity index (χ3n) is 4.49. The molecule has 0 aromatic carbocycles. The van der Waals surface area contributed by atoms with Gasteiger partial charge in [-0.1, -0.05) is 20.8 Å². The van der Waals surface area contributed by atoms with Crippen molar-refractivity contribution in [2.45, 2.75) is 52.5 Å². The summed E-state index contributed by atoms with van der Waals surface area (Å²) in [7, 11) is 0. The van der Waals surface area contributed by atoms with Crippen LogP contribution in [0.5, 0.6) is 0 Å². The lowest BCUT2D eigenvalue weighted by atomic mass is 9.77. The maximum Gasteiger partial charge on any atom is 0.0136 e. The smallest absolute Gasteiger partial charge is 0.0136 e. The summed E-state index contributed by atoms with van der Waals surface area (Å²) in [6, 6.07) is 0.900. The normalized spacial score (nSPS) is 34.9. The molecule has 2 rings (SSSR count). The van der Waals surface area contributed by atoms with Crippen molar-refractivity contribution < 1.29 is 0 Å². The fourth-order valence-electron chi connectivity index (χ4n) is 3.35. The first kappa shape index (κ1) is 13.4. The fourth-order valence-corrected chi connectivity index (χ4v) is 3.35. The van der Waals surface area contributed by atoms with Crippen LogP contribution in [0.1, 0.15) is 46.5 Å². The number of nitrogens with one attached hydrogen (secondary N) is 1. The van der Waals surface area contributed by atoms with Crippen LogP contribution in [0.3, 0.4) is 0 Å². The molecule has 0 amide bonds. The second-order valence-electron chi connectivity index (χ2n) is 6.70. The molecule has 2 nitrogen and oxygen atoms in total. The van der Waals surface area contributed by atoms with E-state index in [1.54, 1.807) is 0 Å². The van der Waals surface area contributed by atoms with Gasteiger partial charge in [0.15, 0.2) is 0 Å². The zero-order valence-electron chi connectivity index (χ0n) is 11.9. The van der Waals surface area contributed by atoms with Crippen LogP contribution in [0.25, 0.3) is 0 Å². The molecule has 0 radical (unpaired) electrons. The first-order chi connectivity index (χ1) is 8.16. The van der Waals surface area contributed by atoms with Gasteiger partial charge in [-0.2, -0.15) is 0 Å². The highest BCUT2D eigenvalue weighted by Gasteiger charge is 2.36. The molecule has 1 aliphatic carbocycles. The van der Waals surface area contributed by atoms with Crippen LogP contribution in [0, 0.1) is 17.8 Å². The molecule has 2 aliphatic rings. The lowest BCUT2D eigenvalue weighted by Crippen LogP contribution is -2.53. The average molecular weight is 238 g/mol. The van der Waals surface area contributed by atoms with Gasteiger partial charge in [0.1, 0.15) is 0 Å². The Morgan fingerprint density at radius 2 is 2.06 bits per heavy atom. The maximum absolute atomic E-state index is 3.64. The Balaban J connectivity index is 1.70. The molecule has 1 saturated carbocycles. The van der Waals surface area contributed by atoms with Crippen LogP contribution in [0.2, 0.25) is 0 Å². The Morgan fingerprint density at radius 1 is 1.24 bits per heavy atom. The van der Waals surface area contributed by atoms with Gasteiger partial charge in [-0.05, 0) is 63.1 Å². The van der Waals surface area contributed by atoms with E-state index in [1.807, 2.05) is 0 Å². The van der Waals surface area contributed by atoms with Gasteiger partial charge < -0.3 is 5.32 Å². The predicted molar refractivity (Wildman–Crippen MR) is 74.2 cm³/mol. The van der Waals surface area contributed by atoms with Crippen LogP contribution in [0.15, 0.2) is 0 Å². The molecular formula is C15H30N2. The minimum absolute atomic E-state index is 0.781. The Hall–Kier alpha value is -0.0800. The van der Waals surface area contributed by atoms with Crippen molar-refractivity contribution in [2.75, 3.05) is 26.2 Å². The number of nitrogens with zero attached hydrogens (tertiary/aromatic N) is 1. The number of likely N-dealkylation sites (tertiary alicyclic amines) is 1. The van der Waals surface area contributed by atoms with Crippen LogP contribution >= 0.6 is 0 Å². The zero-order valence-corrected chi connectivity index (χ0v) is 11.9. The summed E-state index contributed by atoms with van der Waals surface area (Å²) in [5.74, 6) is 2.64. The van der Waals surface area contributed by atoms with E-state index in [2.05, 4.69) is 31.0 Å². The van der Waals surface area contributed by atoms with Crippen LogP contribution in [-0.2, 0) is 0 Å². The first-order valence-electron chi connectivity index (χ1n) is 7.61. The van der Waals surface area contributed by atoms with E-state index < -0.39 is 0 Å². The van der Waals surface area contributed by atoms with Crippen LogP contribution in [-0.4, -0.2) is 37.1 Å². The molecule has 3 atom stereocenters. The third-order valence-corrected chi connectivity index (χ3v) is 4.49. The Kier molecular flexibility index (Phi) is 4.87. The highest BCUT2D eigenvalue weighted by molar-refractivity contribution is 4.91. The summed E-state index contributed by atoms with van der Waals surface area (Å²) in [5, 5.41) is 3.64. The molecule has 2 fully saturated rings. The molecule has 1 heterocycles. The molecule has 0 bridgehead atoms. The minimum Gasteiger partial charge on any atom is -0.316 e. The van der Waals surface area contributed by atoms with Gasteiger partial charge in [0, 0.05) is 12.6 Å². The molecule has 1 saturated heterocycles. The summed E-state index contributed by atoms with van der Waals surface area (Å²) in [6.45, 7) is 12.1. The zero-order chi connectivity index (χ0) is 12.3. The number of piperidine rings is 1. The molecule has 17 heavy (non-hydrogen) atoms. The van der Waals surface area contributed by atoms with Gasteiger partial charge in [0.25, 0.3) is 0 Å². The second-order valence-corrected chi connectivity index (χ2v) is 6.70. The van der Waals surface area contributed by atoms with Crippen molar-refractivity contribution in [3.8, 4) is 0 Å². The van der Waals surface area contributed by atoms with Gasteiger partial charge in [0.2, 0.25) is 0 Å². The monoisotopic (exact) mass is 238 g/mol. The number of hydrogen-bond acceptors (Lipinski definition) is 2. The second kappa shape index (κ2) is 6.19. The number of rotatable bonds is 5. The molecule has 1 aliphatic heterocycles. The highest BCUT2D eigenvalue weighted by Crippen LogP contribution is 2.34. The lowest BCUT2D eigenvalue weighted by molar-refractivity contribution is 0.0314. The lowest BCUT2D eigenvalue weighted by Gasteiger charge is -2.47. The van der Waals surface area contributed by atoms with E-state index in [0.717, 1.165) is 23.8 Å². The first-order valence-corrected chi connectivity index (χ1v) is 7.61. The maximum atomic E-state index is 3.64. The summed E-state index contributed by atoms with van der Waals surface area (Å²) < 4.78 is 0. The SMILES string of the molecule is CC(C)CNCC1CCC1N1CCCC(C)C1. The summed E-state index contributed by atoms with van der Waals surface area (Å²) in [4.78, 5) is 2.78. The van der Waals surface area contributed by atoms with E-state index in [0.29, 0.717) is 0 Å². The van der Waals surface area contributed by atoms with Crippen LogP contribution in [0.4, 0.5) is 0 Å². The molecule has 0 aromatic heterocycles. The summed E-state index contributed by atoms with van der Waals surface area (Å²) in [5.41, 5.74) is 0. The Labute approximate surface area is 107 Å². The van der Waals surface area contributed by atoms with E-state index in [1.165, 1.54) is 51.9 Å². The highest BCUT2D eigenvalue weighted by atomic mass is 15.2. The van der Waals surface area contributed by atoms with E-state index >= 15 is 0 Å². The molecule has 1 N–H and O–H groups in total. The molecule has 3 unspecified atom stereocenters. The molecule has 2 heteroatoms. The van der Waals surface area contributed by atoms with E-state index in [4.69, 9.17) is 0 Å². The molecular weight excluding hydrogens is 208 g/mol. The molecule has 0 aromatic rings. The number of hydrogen-bond donors (Lipinski definition) is 1. The largest absolute Gasteiger partial charge is 0.316 e. The van der Waals surface area contributed by atoms with Crippen LogP contribution < -0.4 is 5.32 Å². The fraction of sp³-hybridized carbons (Fsp3) is 1.00. The van der Waals surface area contributed by atoms with Crippen molar-refractivity contribution in [1.29, 1.82) is 0 Å². The van der Waals surface area contributed by atoms with E-state index in [9.17, 15) is 0 Å². The summed E-state index contributed by atoms with van der Waals surface area (Å²) >= 11 is 0. The van der Waals surface area contributed by atoms with Crippen molar-refractivity contribution >= 4 is 0 Å². The Morgan fingerprint density at radius 3 is 2.65 bits per heavy atom. The van der Waals surface area contributed by atoms with Gasteiger partial charge in [-0.3, -0.25) is 4.90 Å². The van der Waals surface area contributed by atoms with Crippen molar-refractivity contribution in [2.24, 2.45) is 17.8 Å². The van der Waals surface area contributed by atoms with Gasteiger partial charge in [0.05, 0.1) is 0 Å². The quantitative estimate of drug-likeness (QED) is 0.792. The topological polar surface area (TPSA) is 15.3 Å². The van der Waals surface area contributed by atoms with Gasteiger partial charge in [-0.25, -0.2) is 0 Å². The minimum atomic E-state index is 0.781.